The van der Waals surface area contributed by atoms with E-state index in [1.807, 2.05) is 0 Å². The molecule has 0 aliphatic carbocycles. The van der Waals surface area contributed by atoms with Crippen molar-refractivity contribution in [3.63, 3.8) is 0 Å². The molecule has 0 amide bonds. The molecule has 4 heteroatoms. The molecule has 0 aromatic heterocycles. The van der Waals surface area contributed by atoms with Gasteiger partial charge in [-0.15, -0.1) is 0 Å². The summed E-state index contributed by atoms with van der Waals surface area (Å²) >= 11 is 0. The van der Waals surface area contributed by atoms with E-state index < -0.39 is 6.67 Å². The van der Waals surface area contributed by atoms with E-state index in [-0.39, 0.29) is 6.61 Å². The number of aliphatic hydroxyl groups excluding tert-OH is 1. The van der Waals surface area contributed by atoms with Crippen molar-refractivity contribution in [2.24, 2.45) is 0 Å². The lowest BCUT2D eigenvalue weighted by atomic mass is 10.1. The minimum atomic E-state index is -0.557. The zero-order valence-electron chi connectivity index (χ0n) is 7.26. The highest BCUT2D eigenvalue weighted by Gasteiger charge is 2.01. The van der Waals surface area contributed by atoms with Crippen LogP contribution in [-0.4, -0.2) is 18.3 Å². The Kier molecular flexibility index (Phi) is 3.52. The van der Waals surface area contributed by atoms with Gasteiger partial charge < -0.3 is 16.2 Å². The third-order valence-corrected chi connectivity index (χ3v) is 1.70. The number of nitrogen functional groups attached to an aromatic ring is 1. The number of hydrogen-bond acceptors (Lipinski definition) is 3. The minimum absolute atomic E-state index is 0.0239. The molecule has 0 saturated heterocycles. The van der Waals surface area contributed by atoms with Gasteiger partial charge in [-0.2, -0.15) is 0 Å². The minimum Gasteiger partial charge on any atom is -0.399 e. The van der Waals surface area contributed by atoms with Gasteiger partial charge in [0, 0.05) is 23.5 Å². The Hall–Kier alpha value is -1.29. The second-order valence-electron chi connectivity index (χ2n) is 2.70. The molecule has 3 nitrogen and oxygen atoms in total. The van der Waals surface area contributed by atoms with Crippen LogP contribution in [0.25, 0.3) is 0 Å². The number of benzene rings is 1. The second kappa shape index (κ2) is 4.67. The Labute approximate surface area is 76.4 Å². The van der Waals surface area contributed by atoms with Gasteiger partial charge in [0.25, 0.3) is 0 Å². The Morgan fingerprint density at radius 2 is 2.23 bits per heavy atom. The maximum Gasteiger partial charge on any atom is 0.117 e. The Bertz CT molecular complexity index is 278. The van der Waals surface area contributed by atoms with Crippen molar-refractivity contribution in [3.8, 4) is 0 Å². The molecule has 0 fully saturated rings. The molecule has 1 rings (SSSR count). The van der Waals surface area contributed by atoms with Gasteiger partial charge >= 0.3 is 0 Å². The van der Waals surface area contributed by atoms with Gasteiger partial charge in [-0.25, -0.2) is 4.39 Å². The van der Waals surface area contributed by atoms with E-state index in [0.29, 0.717) is 23.5 Å². The third-order valence-electron chi connectivity index (χ3n) is 1.70. The highest BCUT2D eigenvalue weighted by molar-refractivity contribution is 5.57. The zero-order valence-corrected chi connectivity index (χ0v) is 7.26. The van der Waals surface area contributed by atoms with Crippen LogP contribution in [0, 0.1) is 0 Å². The summed E-state index contributed by atoms with van der Waals surface area (Å²) in [7, 11) is 0. The largest absolute Gasteiger partial charge is 0.399 e. The summed E-state index contributed by atoms with van der Waals surface area (Å²) in [4.78, 5) is 0. The lowest BCUT2D eigenvalue weighted by molar-refractivity contribution is 0.311. The predicted molar refractivity (Wildman–Crippen MR) is 51.2 cm³/mol. The molecule has 0 aliphatic rings. The van der Waals surface area contributed by atoms with E-state index in [0.717, 1.165) is 0 Å². The number of nitrogens with two attached hydrogens (primary N) is 1. The van der Waals surface area contributed by atoms with E-state index in [9.17, 15) is 4.39 Å². The highest BCUT2D eigenvalue weighted by atomic mass is 19.1. The van der Waals surface area contributed by atoms with Crippen molar-refractivity contribution < 1.29 is 9.50 Å². The predicted octanol–water partition coefficient (Wildman–Crippen LogP) is 1.14. The fourth-order valence-corrected chi connectivity index (χ4v) is 1.09. The first kappa shape index (κ1) is 9.80. The Morgan fingerprint density at radius 3 is 2.85 bits per heavy atom. The van der Waals surface area contributed by atoms with Crippen LogP contribution in [0.1, 0.15) is 5.56 Å². The second-order valence-corrected chi connectivity index (χ2v) is 2.70. The summed E-state index contributed by atoms with van der Waals surface area (Å²) < 4.78 is 12.4. The SMILES string of the molecule is Nc1ccc(NCCO)c(CF)c1. The third kappa shape index (κ3) is 2.59. The summed E-state index contributed by atoms with van der Waals surface area (Å²) in [5.41, 5.74) is 7.24. The molecule has 0 saturated carbocycles. The Balaban J connectivity index is 2.79. The molecule has 13 heavy (non-hydrogen) atoms. The van der Waals surface area contributed by atoms with Gasteiger partial charge in [-0.3, -0.25) is 0 Å². The van der Waals surface area contributed by atoms with Gasteiger partial charge in [0.2, 0.25) is 0 Å². The van der Waals surface area contributed by atoms with Crippen molar-refractivity contribution in [1.82, 2.24) is 0 Å². The van der Waals surface area contributed by atoms with Crippen LogP contribution in [0.3, 0.4) is 0 Å². The molecule has 0 bridgehead atoms. The van der Waals surface area contributed by atoms with Crippen LogP contribution in [-0.2, 0) is 6.67 Å². The number of aliphatic hydroxyl groups is 1. The van der Waals surface area contributed by atoms with Crippen molar-refractivity contribution in [2.45, 2.75) is 6.67 Å². The fourth-order valence-electron chi connectivity index (χ4n) is 1.09. The molecule has 0 unspecified atom stereocenters. The molecule has 0 spiro atoms. The van der Waals surface area contributed by atoms with Crippen LogP contribution in [0.15, 0.2) is 18.2 Å². The maximum atomic E-state index is 12.4. The van der Waals surface area contributed by atoms with Gasteiger partial charge in [0.05, 0.1) is 6.61 Å². The number of rotatable bonds is 4. The number of hydrogen-bond donors (Lipinski definition) is 3. The van der Waals surface area contributed by atoms with Crippen LogP contribution in [0.5, 0.6) is 0 Å². The first-order valence-electron chi connectivity index (χ1n) is 4.07. The summed E-state index contributed by atoms with van der Waals surface area (Å²) in [6, 6.07) is 4.98. The van der Waals surface area contributed by atoms with Crippen LogP contribution >= 0.6 is 0 Å². The van der Waals surface area contributed by atoms with E-state index in [2.05, 4.69) is 5.32 Å². The van der Waals surface area contributed by atoms with E-state index in [1.54, 1.807) is 18.2 Å². The number of anilines is 2. The highest BCUT2D eigenvalue weighted by Crippen LogP contribution is 2.19. The molecule has 1 aromatic carbocycles. The normalized spacial score (nSPS) is 10.0. The van der Waals surface area contributed by atoms with Crippen LogP contribution < -0.4 is 11.1 Å². The van der Waals surface area contributed by atoms with Crippen molar-refractivity contribution >= 4 is 11.4 Å². The lowest BCUT2D eigenvalue weighted by Crippen LogP contribution is -2.07. The summed E-state index contributed by atoms with van der Waals surface area (Å²) in [6.07, 6.45) is 0. The molecule has 4 N–H and O–H groups in total. The number of halogens is 1. The molecular formula is C9H13FN2O. The average molecular weight is 184 g/mol. The fraction of sp³-hybridized carbons (Fsp3) is 0.333. The standard InChI is InChI=1S/C9H13FN2O/c10-6-7-5-8(11)1-2-9(7)12-3-4-13/h1-2,5,12-13H,3-4,6,11H2. The number of nitrogens with one attached hydrogen (secondary N) is 1. The summed E-state index contributed by atoms with van der Waals surface area (Å²) in [6.45, 7) is -0.119. The van der Waals surface area contributed by atoms with Crippen molar-refractivity contribution in [2.75, 3.05) is 24.2 Å². The monoisotopic (exact) mass is 184 g/mol. The topological polar surface area (TPSA) is 58.3 Å². The Morgan fingerprint density at radius 1 is 1.46 bits per heavy atom. The maximum absolute atomic E-state index is 12.4. The van der Waals surface area contributed by atoms with Crippen LogP contribution in [0.2, 0.25) is 0 Å². The molecule has 0 radical (unpaired) electrons. The van der Waals surface area contributed by atoms with Gasteiger partial charge in [-0.1, -0.05) is 0 Å². The first-order valence-corrected chi connectivity index (χ1v) is 4.07. The van der Waals surface area contributed by atoms with E-state index in [1.165, 1.54) is 0 Å². The summed E-state index contributed by atoms with van der Waals surface area (Å²) in [5.74, 6) is 0. The average Bonchev–Trinajstić information content (AvgIpc) is 2.16. The number of alkyl halides is 1. The van der Waals surface area contributed by atoms with Gasteiger partial charge in [-0.05, 0) is 18.2 Å². The van der Waals surface area contributed by atoms with Gasteiger partial charge in [0.15, 0.2) is 0 Å². The molecule has 0 heterocycles. The molecule has 0 atom stereocenters. The van der Waals surface area contributed by atoms with Crippen LogP contribution in [0.4, 0.5) is 15.8 Å². The van der Waals surface area contributed by atoms with E-state index >= 15 is 0 Å². The van der Waals surface area contributed by atoms with Gasteiger partial charge in [0.1, 0.15) is 6.67 Å². The van der Waals surface area contributed by atoms with Crippen molar-refractivity contribution in [3.05, 3.63) is 23.8 Å². The first-order chi connectivity index (χ1) is 6.27. The van der Waals surface area contributed by atoms with Crippen molar-refractivity contribution in [1.29, 1.82) is 0 Å². The molecule has 72 valence electrons. The quantitative estimate of drug-likeness (QED) is 0.615. The zero-order chi connectivity index (χ0) is 9.68. The smallest absolute Gasteiger partial charge is 0.117 e. The summed E-state index contributed by atoms with van der Waals surface area (Å²) in [5, 5.41) is 11.5. The molecule has 0 aliphatic heterocycles. The molecule has 1 aromatic rings. The lowest BCUT2D eigenvalue weighted by Gasteiger charge is -2.09. The van der Waals surface area contributed by atoms with E-state index in [4.69, 9.17) is 10.8 Å². The molecular weight excluding hydrogens is 171 g/mol.